The molecule has 1 fully saturated rings. The van der Waals surface area contributed by atoms with Gasteiger partial charge in [0.05, 0.1) is 6.61 Å². The van der Waals surface area contributed by atoms with Crippen LogP contribution in [0.3, 0.4) is 0 Å². The first-order chi connectivity index (χ1) is 13.1. The minimum Gasteiger partial charge on any atom is -0.492 e. The number of aliphatic hydroxyl groups is 1. The Bertz CT molecular complexity index is 918. The summed E-state index contributed by atoms with van der Waals surface area (Å²) in [5.74, 6) is 0.463. The maximum Gasteiger partial charge on any atom is 0.235 e. The van der Waals surface area contributed by atoms with E-state index in [9.17, 15) is 14.6 Å². The Morgan fingerprint density at radius 1 is 1.22 bits per heavy atom. The molecule has 0 amide bonds. The number of aromatic hydroxyl groups is 1. The number of nitrogens with zero attached hydrogens (tertiary/aromatic N) is 3. The molecule has 4 rings (SSSR count). The third kappa shape index (κ3) is 3.55. The van der Waals surface area contributed by atoms with Crippen molar-refractivity contribution in [3.05, 3.63) is 46.3 Å². The molecule has 0 radical (unpaired) electrons. The first kappa shape index (κ1) is 18.3. The summed E-state index contributed by atoms with van der Waals surface area (Å²) < 4.78 is 15.0. The molecule has 0 saturated carbocycles. The number of hydrogen-bond acceptors (Lipinski definition) is 5. The molecule has 1 saturated heterocycles. The van der Waals surface area contributed by atoms with Gasteiger partial charge in [0.15, 0.2) is 6.04 Å². The van der Waals surface area contributed by atoms with E-state index in [-0.39, 0.29) is 24.3 Å². The fourth-order valence-electron chi connectivity index (χ4n) is 3.89. The zero-order valence-electron chi connectivity index (χ0n) is 15.2. The Kier molecular flexibility index (Phi) is 5.09. The van der Waals surface area contributed by atoms with Crippen LogP contribution in [0.5, 0.6) is 5.88 Å². The number of benzene rings is 1. The molecule has 0 aliphatic carbocycles. The predicted octanol–water partition coefficient (Wildman–Crippen LogP) is -1.19. The number of nitrogens with one attached hydrogen (secondary N) is 2. The number of rotatable bonds is 5. The Balaban J connectivity index is 1.70. The topological polar surface area (TPSA) is 79.5 Å². The highest BCUT2D eigenvalue weighted by Crippen LogP contribution is 2.35. The molecule has 7 nitrogen and oxygen atoms in total. The molecular weight excluding hydrogens is 369 g/mol. The normalized spacial score (nSPS) is 21.6. The van der Waals surface area contributed by atoms with Gasteiger partial charge in [0.1, 0.15) is 49.2 Å². The van der Waals surface area contributed by atoms with E-state index in [1.54, 1.807) is 19.1 Å². The molecule has 9 heteroatoms. The van der Waals surface area contributed by atoms with Gasteiger partial charge in [-0.3, -0.25) is 0 Å². The van der Waals surface area contributed by atoms with E-state index in [0.717, 1.165) is 43.2 Å². The van der Waals surface area contributed by atoms with Crippen molar-refractivity contribution < 1.29 is 24.4 Å². The standard InChI is InChI=1S/C18H22FN5O2S/c1-12-20-18-24(21-12)17(26)16(27-18)15(13-2-4-14(19)5-3-13)23-8-6-22(7-9-23)10-11-25/h2-5,15,25-26H,6-11H2,1H3/p+2/t15-/m0/s1. The van der Waals surface area contributed by atoms with E-state index in [2.05, 4.69) is 10.1 Å². The van der Waals surface area contributed by atoms with Crippen molar-refractivity contribution in [2.24, 2.45) is 0 Å². The van der Waals surface area contributed by atoms with E-state index in [1.807, 2.05) is 0 Å². The number of piperazine rings is 1. The number of quaternary nitrogens is 2. The lowest BCUT2D eigenvalue weighted by Gasteiger charge is -2.34. The van der Waals surface area contributed by atoms with Gasteiger partial charge in [-0.05, 0) is 31.2 Å². The summed E-state index contributed by atoms with van der Waals surface area (Å²) in [5.41, 5.74) is 0.966. The average Bonchev–Trinajstić information content (AvgIpc) is 3.16. The zero-order chi connectivity index (χ0) is 19.0. The highest BCUT2D eigenvalue weighted by molar-refractivity contribution is 7.17. The predicted molar refractivity (Wildman–Crippen MR) is 98.9 cm³/mol. The van der Waals surface area contributed by atoms with Crippen LogP contribution >= 0.6 is 11.3 Å². The minimum atomic E-state index is -0.271. The lowest BCUT2D eigenvalue weighted by Crippen LogP contribution is -3.28. The van der Waals surface area contributed by atoms with Gasteiger partial charge < -0.3 is 20.0 Å². The Labute approximate surface area is 160 Å². The lowest BCUT2D eigenvalue weighted by atomic mass is 10.0. The van der Waals surface area contributed by atoms with Crippen molar-refractivity contribution in [3.8, 4) is 5.88 Å². The number of thiazole rings is 1. The van der Waals surface area contributed by atoms with Crippen LogP contribution in [0.4, 0.5) is 4.39 Å². The van der Waals surface area contributed by atoms with E-state index >= 15 is 0 Å². The van der Waals surface area contributed by atoms with Crippen LogP contribution in [-0.2, 0) is 0 Å². The number of halogens is 1. The van der Waals surface area contributed by atoms with Crippen molar-refractivity contribution in [2.45, 2.75) is 13.0 Å². The van der Waals surface area contributed by atoms with Crippen molar-refractivity contribution in [3.63, 3.8) is 0 Å². The summed E-state index contributed by atoms with van der Waals surface area (Å²) in [6, 6.07) is 6.41. The van der Waals surface area contributed by atoms with Crippen LogP contribution in [0.15, 0.2) is 24.3 Å². The quantitative estimate of drug-likeness (QED) is 0.440. The van der Waals surface area contributed by atoms with Gasteiger partial charge in [-0.1, -0.05) is 11.3 Å². The van der Waals surface area contributed by atoms with Crippen molar-refractivity contribution in [1.29, 1.82) is 0 Å². The number of aryl methyl sites for hydroxylation is 1. The van der Waals surface area contributed by atoms with Gasteiger partial charge in [0, 0.05) is 5.56 Å². The van der Waals surface area contributed by atoms with Crippen LogP contribution in [-0.4, -0.2) is 64.1 Å². The van der Waals surface area contributed by atoms with Gasteiger partial charge in [-0.25, -0.2) is 9.37 Å². The summed E-state index contributed by atoms with van der Waals surface area (Å²) in [4.78, 5) is 8.55. The fraction of sp³-hybridized carbons (Fsp3) is 0.444. The van der Waals surface area contributed by atoms with Gasteiger partial charge in [0.2, 0.25) is 10.8 Å². The average molecular weight is 393 g/mol. The number of hydrogen-bond donors (Lipinski definition) is 4. The first-order valence-corrected chi connectivity index (χ1v) is 9.98. The summed E-state index contributed by atoms with van der Waals surface area (Å²) in [6.45, 7) is 6.47. The van der Waals surface area contributed by atoms with E-state index < -0.39 is 0 Å². The molecule has 3 aromatic rings. The maximum absolute atomic E-state index is 13.5. The van der Waals surface area contributed by atoms with Crippen molar-refractivity contribution in [2.75, 3.05) is 39.3 Å². The SMILES string of the molecule is Cc1nc2sc([C@H](c3ccc(F)cc3)[NH+]3CC[NH+](CCO)CC3)c(O)n2n1. The molecule has 1 aliphatic heterocycles. The number of aliphatic hydroxyl groups excluding tert-OH is 1. The molecule has 1 aromatic carbocycles. The van der Waals surface area contributed by atoms with Gasteiger partial charge in [-0.15, -0.1) is 5.10 Å². The molecule has 144 valence electrons. The highest BCUT2D eigenvalue weighted by atomic mass is 32.1. The van der Waals surface area contributed by atoms with Gasteiger partial charge >= 0.3 is 0 Å². The maximum atomic E-state index is 13.5. The highest BCUT2D eigenvalue weighted by Gasteiger charge is 2.36. The Morgan fingerprint density at radius 2 is 1.93 bits per heavy atom. The summed E-state index contributed by atoms with van der Waals surface area (Å²) in [6.07, 6.45) is 0. The molecule has 1 atom stereocenters. The largest absolute Gasteiger partial charge is 0.492 e. The zero-order valence-corrected chi connectivity index (χ0v) is 16.0. The smallest absolute Gasteiger partial charge is 0.235 e. The Morgan fingerprint density at radius 3 is 2.56 bits per heavy atom. The molecule has 27 heavy (non-hydrogen) atoms. The molecule has 2 aromatic heterocycles. The first-order valence-electron chi connectivity index (χ1n) is 9.16. The summed E-state index contributed by atoms with van der Waals surface area (Å²) in [5, 5.41) is 24.3. The summed E-state index contributed by atoms with van der Waals surface area (Å²) >= 11 is 1.43. The van der Waals surface area contributed by atoms with Crippen molar-refractivity contribution in [1.82, 2.24) is 14.6 Å². The molecule has 0 unspecified atom stereocenters. The van der Waals surface area contributed by atoms with Crippen molar-refractivity contribution >= 4 is 16.3 Å². The second kappa shape index (κ2) is 7.51. The van der Waals surface area contributed by atoms with Gasteiger partial charge in [0.25, 0.3) is 0 Å². The Hall–Kier alpha value is -2.07. The third-order valence-corrected chi connectivity index (χ3v) is 6.33. The molecule has 3 heterocycles. The van der Waals surface area contributed by atoms with Crippen LogP contribution < -0.4 is 9.80 Å². The fourth-order valence-corrected chi connectivity index (χ4v) is 5.07. The molecule has 1 aliphatic rings. The molecule has 4 N–H and O–H groups in total. The molecule has 0 bridgehead atoms. The number of aromatic nitrogens is 3. The van der Waals surface area contributed by atoms with Crippen LogP contribution in [0.1, 0.15) is 22.3 Å². The van der Waals surface area contributed by atoms with Crippen LogP contribution in [0.25, 0.3) is 4.96 Å². The van der Waals surface area contributed by atoms with Crippen LogP contribution in [0, 0.1) is 12.7 Å². The third-order valence-electron chi connectivity index (χ3n) is 5.24. The van der Waals surface area contributed by atoms with E-state index in [0.29, 0.717) is 10.8 Å². The number of fused-ring (bicyclic) bond motifs is 1. The van der Waals surface area contributed by atoms with E-state index in [1.165, 1.54) is 37.8 Å². The lowest BCUT2D eigenvalue weighted by molar-refractivity contribution is -1.02. The summed E-state index contributed by atoms with van der Waals surface area (Å²) in [7, 11) is 0. The van der Waals surface area contributed by atoms with E-state index in [4.69, 9.17) is 0 Å². The second-order valence-corrected chi connectivity index (χ2v) is 8.02. The monoisotopic (exact) mass is 393 g/mol. The second-order valence-electron chi connectivity index (χ2n) is 7.01. The van der Waals surface area contributed by atoms with Gasteiger partial charge in [-0.2, -0.15) is 4.52 Å². The van der Waals surface area contributed by atoms with Crippen LogP contribution in [0.2, 0.25) is 0 Å². The molecule has 0 spiro atoms. The molecular formula is C18H24FN5O2S+2. The minimum absolute atomic E-state index is 0.102.